The molecule has 0 spiro atoms. The smallest absolute Gasteiger partial charge is 0.253 e. The zero-order valence-electron chi connectivity index (χ0n) is 13.4. The van der Waals surface area contributed by atoms with E-state index in [1.807, 2.05) is 0 Å². The van der Waals surface area contributed by atoms with E-state index in [1.54, 1.807) is 43.6 Å². The van der Waals surface area contributed by atoms with Crippen LogP contribution in [0.15, 0.2) is 42.6 Å². The summed E-state index contributed by atoms with van der Waals surface area (Å²) in [4.78, 5) is 15.5. The fourth-order valence-corrected chi connectivity index (χ4v) is 2.55. The number of amides is 1. The summed E-state index contributed by atoms with van der Waals surface area (Å²) < 4.78 is 24.1. The molecule has 0 saturated carbocycles. The Morgan fingerprint density at radius 2 is 1.88 bits per heavy atom. The molecule has 0 aliphatic carbocycles. The molecule has 3 rings (SSSR count). The highest BCUT2D eigenvalue weighted by atomic mass is 19.1. The van der Waals surface area contributed by atoms with Gasteiger partial charge < -0.3 is 19.8 Å². The molecule has 0 aliphatic rings. The average Bonchev–Trinajstić information content (AvgIpc) is 3.02. The molecule has 124 valence electrons. The number of nitrogens with one attached hydrogen (secondary N) is 2. The van der Waals surface area contributed by atoms with Gasteiger partial charge in [-0.25, -0.2) is 4.39 Å². The Morgan fingerprint density at radius 1 is 1.17 bits per heavy atom. The molecule has 0 fully saturated rings. The maximum absolute atomic E-state index is 13.6. The Hall–Kier alpha value is -3.02. The first-order valence-electron chi connectivity index (χ1n) is 7.38. The summed E-state index contributed by atoms with van der Waals surface area (Å²) in [5, 5.41) is 3.44. The standard InChI is InChI=1S/C18H17FN2O3/c1-23-16-7-12-13(10-20-15(12)8-17(16)24-2)18(22)21-9-11-5-3-4-6-14(11)19/h3-8,10,20H,9H2,1-2H3,(H,21,22). The van der Waals surface area contributed by atoms with Crippen molar-refractivity contribution in [1.29, 1.82) is 0 Å². The number of carbonyl (C=O) groups excluding carboxylic acids is 1. The summed E-state index contributed by atoms with van der Waals surface area (Å²) >= 11 is 0. The van der Waals surface area contributed by atoms with E-state index in [9.17, 15) is 9.18 Å². The van der Waals surface area contributed by atoms with E-state index in [0.29, 0.717) is 28.0 Å². The van der Waals surface area contributed by atoms with Gasteiger partial charge in [-0.1, -0.05) is 18.2 Å². The van der Waals surface area contributed by atoms with E-state index >= 15 is 0 Å². The molecule has 3 aromatic rings. The number of benzene rings is 2. The van der Waals surface area contributed by atoms with Gasteiger partial charge in [0, 0.05) is 29.8 Å². The van der Waals surface area contributed by atoms with Gasteiger partial charge in [0.1, 0.15) is 5.82 Å². The molecule has 1 aromatic heterocycles. The van der Waals surface area contributed by atoms with Crippen molar-refractivity contribution >= 4 is 16.8 Å². The predicted molar refractivity (Wildman–Crippen MR) is 89.0 cm³/mol. The number of halogens is 1. The van der Waals surface area contributed by atoms with Crippen LogP contribution in [-0.2, 0) is 6.54 Å². The molecule has 0 atom stereocenters. The molecule has 0 aliphatic heterocycles. The van der Waals surface area contributed by atoms with Crippen molar-refractivity contribution in [3.63, 3.8) is 0 Å². The number of rotatable bonds is 5. The van der Waals surface area contributed by atoms with Crippen molar-refractivity contribution < 1.29 is 18.7 Å². The highest BCUT2D eigenvalue weighted by Gasteiger charge is 2.15. The molecular formula is C18H17FN2O3. The highest BCUT2D eigenvalue weighted by Crippen LogP contribution is 2.33. The van der Waals surface area contributed by atoms with Crippen LogP contribution in [0.3, 0.4) is 0 Å². The van der Waals surface area contributed by atoms with Gasteiger partial charge in [0.05, 0.1) is 25.3 Å². The van der Waals surface area contributed by atoms with E-state index in [-0.39, 0.29) is 18.3 Å². The second kappa shape index (κ2) is 6.62. The van der Waals surface area contributed by atoms with Gasteiger partial charge in [0.25, 0.3) is 5.91 Å². The minimum Gasteiger partial charge on any atom is -0.493 e. The van der Waals surface area contributed by atoms with Crippen LogP contribution in [0, 0.1) is 5.82 Å². The molecule has 0 unspecified atom stereocenters. The first-order chi connectivity index (χ1) is 11.6. The number of ether oxygens (including phenoxy) is 2. The third kappa shape index (κ3) is 2.90. The first kappa shape index (κ1) is 15.9. The summed E-state index contributed by atoms with van der Waals surface area (Å²) in [6.45, 7) is 0.117. The Labute approximate surface area is 138 Å². The number of H-pyrrole nitrogens is 1. The molecule has 0 radical (unpaired) electrons. The van der Waals surface area contributed by atoms with Gasteiger partial charge in [-0.3, -0.25) is 4.79 Å². The quantitative estimate of drug-likeness (QED) is 0.756. The van der Waals surface area contributed by atoms with Crippen molar-refractivity contribution in [3.05, 3.63) is 59.5 Å². The van der Waals surface area contributed by atoms with Crippen LogP contribution in [0.4, 0.5) is 4.39 Å². The predicted octanol–water partition coefficient (Wildman–Crippen LogP) is 3.25. The lowest BCUT2D eigenvalue weighted by atomic mass is 10.1. The lowest BCUT2D eigenvalue weighted by molar-refractivity contribution is 0.0952. The summed E-state index contributed by atoms with van der Waals surface area (Å²) in [5.41, 5.74) is 1.65. The molecule has 1 amide bonds. The Kier molecular flexibility index (Phi) is 4.37. The number of aromatic nitrogens is 1. The Balaban J connectivity index is 1.86. The fourth-order valence-electron chi connectivity index (χ4n) is 2.55. The molecule has 0 bridgehead atoms. The van der Waals surface area contributed by atoms with Crippen LogP contribution >= 0.6 is 0 Å². The summed E-state index contributed by atoms with van der Waals surface area (Å²) in [6, 6.07) is 9.85. The van der Waals surface area contributed by atoms with Crippen LogP contribution in [0.2, 0.25) is 0 Å². The summed E-state index contributed by atoms with van der Waals surface area (Å²) in [7, 11) is 3.09. The van der Waals surface area contributed by atoms with Gasteiger partial charge in [-0.15, -0.1) is 0 Å². The molecule has 2 N–H and O–H groups in total. The SMILES string of the molecule is COc1cc2[nH]cc(C(=O)NCc3ccccc3F)c2cc1OC. The van der Waals surface area contributed by atoms with E-state index in [2.05, 4.69) is 10.3 Å². The van der Waals surface area contributed by atoms with E-state index in [4.69, 9.17) is 9.47 Å². The molecule has 5 nitrogen and oxygen atoms in total. The normalized spacial score (nSPS) is 10.6. The van der Waals surface area contributed by atoms with E-state index in [1.165, 1.54) is 13.2 Å². The van der Waals surface area contributed by atoms with Gasteiger partial charge in [0.15, 0.2) is 11.5 Å². The third-order valence-corrected chi connectivity index (χ3v) is 3.83. The Bertz CT molecular complexity index is 889. The largest absolute Gasteiger partial charge is 0.493 e. The molecule has 0 saturated heterocycles. The van der Waals surface area contributed by atoms with Gasteiger partial charge in [-0.2, -0.15) is 0 Å². The molecular weight excluding hydrogens is 311 g/mol. The van der Waals surface area contributed by atoms with E-state index in [0.717, 1.165) is 5.52 Å². The monoisotopic (exact) mass is 328 g/mol. The van der Waals surface area contributed by atoms with Crippen molar-refractivity contribution in [1.82, 2.24) is 10.3 Å². The van der Waals surface area contributed by atoms with Crippen molar-refractivity contribution in [2.24, 2.45) is 0 Å². The number of hydrogen-bond donors (Lipinski definition) is 2. The topological polar surface area (TPSA) is 63.4 Å². The molecule has 1 heterocycles. The maximum atomic E-state index is 13.6. The zero-order valence-corrected chi connectivity index (χ0v) is 13.4. The zero-order chi connectivity index (χ0) is 17.1. The van der Waals surface area contributed by atoms with Crippen LogP contribution in [0.25, 0.3) is 10.9 Å². The average molecular weight is 328 g/mol. The summed E-state index contributed by atoms with van der Waals surface area (Å²) in [6.07, 6.45) is 1.61. The first-order valence-corrected chi connectivity index (χ1v) is 7.38. The van der Waals surface area contributed by atoms with Gasteiger partial charge >= 0.3 is 0 Å². The molecule has 24 heavy (non-hydrogen) atoms. The van der Waals surface area contributed by atoms with Crippen LogP contribution in [0.5, 0.6) is 11.5 Å². The molecule has 2 aromatic carbocycles. The Morgan fingerprint density at radius 3 is 2.58 bits per heavy atom. The summed E-state index contributed by atoms with van der Waals surface area (Å²) in [5.74, 6) is 0.470. The van der Waals surface area contributed by atoms with Crippen molar-refractivity contribution in [2.75, 3.05) is 14.2 Å². The minimum absolute atomic E-state index is 0.117. The lowest BCUT2D eigenvalue weighted by Crippen LogP contribution is -2.23. The lowest BCUT2D eigenvalue weighted by Gasteiger charge is -2.08. The van der Waals surface area contributed by atoms with E-state index < -0.39 is 0 Å². The van der Waals surface area contributed by atoms with Gasteiger partial charge in [0.2, 0.25) is 0 Å². The molecule has 6 heteroatoms. The highest BCUT2D eigenvalue weighted by molar-refractivity contribution is 6.07. The second-order valence-electron chi connectivity index (χ2n) is 5.23. The van der Waals surface area contributed by atoms with Gasteiger partial charge in [-0.05, 0) is 12.1 Å². The van der Waals surface area contributed by atoms with Crippen LogP contribution < -0.4 is 14.8 Å². The van der Waals surface area contributed by atoms with Crippen molar-refractivity contribution in [3.8, 4) is 11.5 Å². The number of carbonyl (C=O) groups is 1. The number of hydrogen-bond acceptors (Lipinski definition) is 3. The van der Waals surface area contributed by atoms with Crippen molar-refractivity contribution in [2.45, 2.75) is 6.54 Å². The number of aromatic amines is 1. The second-order valence-corrected chi connectivity index (χ2v) is 5.23. The minimum atomic E-state index is -0.344. The number of fused-ring (bicyclic) bond motifs is 1. The third-order valence-electron chi connectivity index (χ3n) is 3.83. The fraction of sp³-hybridized carbons (Fsp3) is 0.167. The number of methoxy groups -OCH3 is 2. The van der Waals surface area contributed by atoms with Crippen LogP contribution in [0.1, 0.15) is 15.9 Å². The maximum Gasteiger partial charge on any atom is 0.253 e. The van der Waals surface area contributed by atoms with Crippen LogP contribution in [-0.4, -0.2) is 25.1 Å².